The molecule has 0 N–H and O–H groups in total. The summed E-state index contributed by atoms with van der Waals surface area (Å²) in [5, 5.41) is 0. The Bertz CT molecular complexity index is 830. The summed E-state index contributed by atoms with van der Waals surface area (Å²) in [6, 6.07) is 4.72. The van der Waals surface area contributed by atoms with Crippen LogP contribution in [0.4, 0.5) is 18.9 Å². The molecule has 0 aliphatic carbocycles. The maximum atomic E-state index is 12.9. The second kappa shape index (κ2) is 6.76. The fourth-order valence-corrected chi connectivity index (χ4v) is 4.54. The number of sulfonamides is 1. The quantitative estimate of drug-likeness (QED) is 0.771. The van der Waals surface area contributed by atoms with Crippen molar-refractivity contribution in [3.63, 3.8) is 0 Å². The standard InChI is InChI=1S/C14H19F3N2O4S2/c1-18(24(2,20)21)11-7-9-19(10-8-11)12-5-3-4-6-13(12)25(22,23)14(15,16)17/h3-6,11H,7-10H2,1-2H3. The zero-order chi connectivity index (χ0) is 19.0. The van der Waals surface area contributed by atoms with E-state index >= 15 is 0 Å². The van der Waals surface area contributed by atoms with Crippen molar-refractivity contribution >= 4 is 25.5 Å². The molecule has 0 spiro atoms. The fourth-order valence-electron chi connectivity index (χ4n) is 2.81. The van der Waals surface area contributed by atoms with Crippen LogP contribution < -0.4 is 4.90 Å². The van der Waals surface area contributed by atoms with Crippen LogP contribution in [0.3, 0.4) is 0 Å². The van der Waals surface area contributed by atoms with Gasteiger partial charge >= 0.3 is 5.51 Å². The molecule has 0 amide bonds. The Morgan fingerprint density at radius 3 is 2.08 bits per heavy atom. The maximum absolute atomic E-state index is 12.9. The van der Waals surface area contributed by atoms with Crippen molar-refractivity contribution in [1.29, 1.82) is 0 Å². The molecule has 1 aromatic carbocycles. The van der Waals surface area contributed by atoms with Gasteiger partial charge in [0.1, 0.15) is 0 Å². The lowest BCUT2D eigenvalue weighted by Crippen LogP contribution is -2.45. The van der Waals surface area contributed by atoms with Crippen LogP contribution in [0.25, 0.3) is 0 Å². The molecule has 1 saturated heterocycles. The van der Waals surface area contributed by atoms with Crippen molar-refractivity contribution in [2.75, 3.05) is 31.3 Å². The molecule has 0 bridgehead atoms. The number of sulfone groups is 1. The van der Waals surface area contributed by atoms with E-state index in [9.17, 15) is 30.0 Å². The molecule has 25 heavy (non-hydrogen) atoms. The van der Waals surface area contributed by atoms with Crippen molar-refractivity contribution in [1.82, 2.24) is 4.31 Å². The molecule has 6 nitrogen and oxygen atoms in total. The summed E-state index contributed by atoms with van der Waals surface area (Å²) in [5.41, 5.74) is -5.39. The zero-order valence-electron chi connectivity index (χ0n) is 13.7. The van der Waals surface area contributed by atoms with E-state index in [0.717, 1.165) is 12.3 Å². The Morgan fingerprint density at radius 1 is 1.08 bits per heavy atom. The number of hydrogen-bond donors (Lipinski definition) is 0. The van der Waals surface area contributed by atoms with Gasteiger partial charge in [0, 0.05) is 26.2 Å². The predicted octanol–water partition coefficient (Wildman–Crippen LogP) is 1.84. The van der Waals surface area contributed by atoms with E-state index in [1.54, 1.807) is 4.90 Å². The van der Waals surface area contributed by atoms with E-state index in [1.165, 1.54) is 29.6 Å². The van der Waals surface area contributed by atoms with Crippen LogP contribution in [-0.4, -0.2) is 59.1 Å². The lowest BCUT2D eigenvalue weighted by molar-refractivity contribution is -0.0435. The van der Waals surface area contributed by atoms with Crippen LogP contribution >= 0.6 is 0 Å². The van der Waals surface area contributed by atoms with Crippen molar-refractivity contribution in [3.05, 3.63) is 24.3 Å². The lowest BCUT2D eigenvalue weighted by Gasteiger charge is -2.37. The molecular weight excluding hydrogens is 381 g/mol. The first-order chi connectivity index (χ1) is 11.4. The third kappa shape index (κ3) is 4.09. The van der Waals surface area contributed by atoms with Crippen molar-refractivity contribution < 1.29 is 30.0 Å². The van der Waals surface area contributed by atoms with Crippen LogP contribution in [0.15, 0.2) is 29.2 Å². The summed E-state index contributed by atoms with van der Waals surface area (Å²) in [6.45, 7) is 0.518. The number of piperidine rings is 1. The summed E-state index contributed by atoms with van der Waals surface area (Å²) in [6.07, 6.45) is 1.87. The van der Waals surface area contributed by atoms with E-state index in [2.05, 4.69) is 0 Å². The molecule has 11 heteroatoms. The molecule has 1 fully saturated rings. The summed E-state index contributed by atoms with van der Waals surface area (Å²) >= 11 is 0. The number of benzene rings is 1. The lowest BCUT2D eigenvalue weighted by atomic mass is 10.0. The largest absolute Gasteiger partial charge is 0.501 e. The average Bonchev–Trinajstić information content (AvgIpc) is 2.52. The highest BCUT2D eigenvalue weighted by Gasteiger charge is 2.48. The predicted molar refractivity (Wildman–Crippen MR) is 87.5 cm³/mol. The normalized spacial score (nSPS) is 17.9. The van der Waals surface area contributed by atoms with Gasteiger partial charge in [0.2, 0.25) is 10.0 Å². The van der Waals surface area contributed by atoms with Gasteiger partial charge in [-0.25, -0.2) is 21.1 Å². The number of alkyl halides is 3. The monoisotopic (exact) mass is 400 g/mol. The molecule has 0 saturated carbocycles. The molecule has 142 valence electrons. The van der Waals surface area contributed by atoms with Crippen molar-refractivity contribution in [2.24, 2.45) is 0 Å². The average molecular weight is 400 g/mol. The van der Waals surface area contributed by atoms with Crippen LogP contribution in [0, 0.1) is 0 Å². The van der Waals surface area contributed by atoms with Gasteiger partial charge in [-0.05, 0) is 25.0 Å². The highest BCUT2D eigenvalue weighted by atomic mass is 32.2. The minimum atomic E-state index is -5.46. The first-order valence-corrected chi connectivity index (χ1v) is 10.8. The zero-order valence-corrected chi connectivity index (χ0v) is 15.3. The molecule has 0 aromatic heterocycles. The van der Waals surface area contributed by atoms with Crippen LogP contribution in [0.5, 0.6) is 0 Å². The number of nitrogens with zero attached hydrogens (tertiary/aromatic N) is 2. The molecule has 2 rings (SSSR count). The minimum absolute atomic E-state index is 0.0136. The number of halogens is 3. The number of hydrogen-bond acceptors (Lipinski definition) is 5. The van der Waals surface area contributed by atoms with Gasteiger partial charge in [-0.3, -0.25) is 0 Å². The first kappa shape index (κ1) is 20.0. The van der Waals surface area contributed by atoms with Gasteiger partial charge in [0.15, 0.2) is 0 Å². The van der Waals surface area contributed by atoms with Gasteiger partial charge in [-0.1, -0.05) is 12.1 Å². The van der Waals surface area contributed by atoms with Crippen molar-refractivity contribution in [2.45, 2.75) is 29.3 Å². The highest BCUT2D eigenvalue weighted by Crippen LogP contribution is 2.36. The summed E-state index contributed by atoms with van der Waals surface area (Å²) in [5.74, 6) is 0. The van der Waals surface area contributed by atoms with Crippen LogP contribution in [0.2, 0.25) is 0 Å². The second-order valence-corrected chi connectivity index (χ2v) is 9.87. The van der Waals surface area contributed by atoms with Gasteiger partial charge < -0.3 is 4.90 Å². The van der Waals surface area contributed by atoms with Crippen LogP contribution in [0.1, 0.15) is 12.8 Å². The van der Waals surface area contributed by atoms with E-state index in [0.29, 0.717) is 12.8 Å². The van der Waals surface area contributed by atoms with Gasteiger partial charge in [-0.2, -0.15) is 13.2 Å². The number of anilines is 1. The Kier molecular flexibility index (Phi) is 5.41. The Labute approximate surface area is 145 Å². The third-order valence-electron chi connectivity index (χ3n) is 4.30. The Balaban J connectivity index is 2.26. The second-order valence-electron chi connectivity index (χ2n) is 5.91. The molecule has 0 atom stereocenters. The van der Waals surface area contributed by atoms with Crippen molar-refractivity contribution in [3.8, 4) is 0 Å². The van der Waals surface area contributed by atoms with Crippen LogP contribution in [-0.2, 0) is 19.9 Å². The summed E-state index contributed by atoms with van der Waals surface area (Å²) in [4.78, 5) is 0.767. The molecule has 1 aliphatic heterocycles. The highest BCUT2D eigenvalue weighted by molar-refractivity contribution is 7.92. The molecule has 1 aromatic rings. The summed E-state index contributed by atoms with van der Waals surface area (Å²) in [7, 11) is -7.37. The Morgan fingerprint density at radius 2 is 1.60 bits per heavy atom. The van der Waals surface area contributed by atoms with Gasteiger partial charge in [0.25, 0.3) is 9.84 Å². The van der Waals surface area contributed by atoms with E-state index in [-0.39, 0.29) is 24.8 Å². The van der Waals surface area contributed by atoms with E-state index < -0.39 is 30.3 Å². The molecule has 0 radical (unpaired) electrons. The molecule has 1 aliphatic rings. The molecule has 0 unspecified atom stereocenters. The molecular formula is C14H19F3N2O4S2. The number of para-hydroxylation sites is 1. The molecule has 1 heterocycles. The number of rotatable bonds is 4. The van der Waals surface area contributed by atoms with Gasteiger partial charge in [0.05, 0.1) is 16.8 Å². The Hall–Kier alpha value is -1.33. The van der Waals surface area contributed by atoms with Gasteiger partial charge in [-0.15, -0.1) is 0 Å². The SMILES string of the molecule is CN(C1CCN(c2ccccc2S(=O)(=O)C(F)(F)F)CC1)S(C)(=O)=O. The smallest absolute Gasteiger partial charge is 0.370 e. The third-order valence-corrected chi connectivity index (χ3v) is 7.18. The topological polar surface area (TPSA) is 74.8 Å². The summed E-state index contributed by atoms with van der Waals surface area (Å²) < 4.78 is 86.6. The van der Waals surface area contributed by atoms with E-state index in [4.69, 9.17) is 0 Å². The van der Waals surface area contributed by atoms with E-state index in [1.807, 2.05) is 0 Å². The fraction of sp³-hybridized carbons (Fsp3) is 0.571. The maximum Gasteiger partial charge on any atom is 0.501 e. The minimum Gasteiger partial charge on any atom is -0.370 e. The first-order valence-electron chi connectivity index (χ1n) is 7.44.